The van der Waals surface area contributed by atoms with Crippen molar-refractivity contribution in [2.45, 2.75) is 41.5 Å². The highest BCUT2D eigenvalue weighted by Gasteiger charge is 2.23. The van der Waals surface area contributed by atoms with Crippen LogP contribution in [0.15, 0.2) is 6.07 Å². The monoisotopic (exact) mass is 354 g/mol. The Morgan fingerprint density at radius 3 is 2.29 bits per heavy atom. The number of carbonyl (C=O) groups is 3. The van der Waals surface area contributed by atoms with Gasteiger partial charge < -0.3 is 15.0 Å². The van der Waals surface area contributed by atoms with Crippen molar-refractivity contribution in [2.75, 3.05) is 25.0 Å². The Labute approximate surface area is 147 Å². The number of nitrogens with zero attached hydrogens (tertiary/aromatic N) is 1. The molecule has 0 atom stereocenters. The van der Waals surface area contributed by atoms with Crippen molar-refractivity contribution in [3.8, 4) is 0 Å². The number of ether oxygens (including phenoxy) is 1. The lowest BCUT2D eigenvalue weighted by molar-refractivity contribution is -0.134. The number of likely N-dealkylation sites (N-methyl/N-ethyl adjacent to an activating group) is 1. The predicted molar refractivity (Wildman–Crippen MR) is 95.4 cm³/mol. The molecule has 0 radical (unpaired) electrons. The minimum Gasteiger partial charge on any atom is -0.451 e. The Hall–Kier alpha value is -1.89. The van der Waals surface area contributed by atoms with Gasteiger partial charge in [-0.1, -0.05) is 20.8 Å². The third kappa shape index (κ3) is 5.33. The number of hydrogen-bond donors (Lipinski definition) is 1. The summed E-state index contributed by atoms with van der Waals surface area (Å²) in [5.74, 6) is -0.890. The summed E-state index contributed by atoms with van der Waals surface area (Å²) in [4.78, 5) is 38.1. The molecule has 1 heterocycles. The van der Waals surface area contributed by atoms with Gasteiger partial charge in [-0.3, -0.25) is 9.59 Å². The summed E-state index contributed by atoms with van der Waals surface area (Å²) in [7, 11) is 0. The van der Waals surface area contributed by atoms with Gasteiger partial charge in [-0.05, 0) is 32.4 Å². The quantitative estimate of drug-likeness (QED) is 0.797. The van der Waals surface area contributed by atoms with E-state index >= 15 is 0 Å². The topological polar surface area (TPSA) is 75.7 Å². The second kappa shape index (κ2) is 8.28. The van der Waals surface area contributed by atoms with E-state index < -0.39 is 11.4 Å². The summed E-state index contributed by atoms with van der Waals surface area (Å²) < 4.78 is 5.11. The van der Waals surface area contributed by atoms with E-state index in [9.17, 15) is 14.4 Å². The molecule has 0 bridgehead atoms. The molecule has 1 aromatic heterocycles. The smallest absolute Gasteiger partial charge is 0.349 e. The molecular weight excluding hydrogens is 328 g/mol. The first-order valence-electron chi connectivity index (χ1n) is 7.96. The average molecular weight is 354 g/mol. The summed E-state index contributed by atoms with van der Waals surface area (Å²) in [5.41, 5.74) is 0.193. The standard InChI is InChI=1S/C17H26N2O4S/c1-7-19(8-2)13(20)10-23-15(21)14-11(3)9-12(24-14)18-16(22)17(4,5)6/h9H,7-8,10H2,1-6H3,(H,18,22). The van der Waals surface area contributed by atoms with Gasteiger partial charge in [-0.2, -0.15) is 0 Å². The predicted octanol–water partition coefficient (Wildman–Crippen LogP) is 3.07. The molecule has 0 aliphatic rings. The molecule has 24 heavy (non-hydrogen) atoms. The molecule has 0 spiro atoms. The summed E-state index contributed by atoms with van der Waals surface area (Å²) in [6.07, 6.45) is 0. The fraction of sp³-hybridized carbons (Fsp3) is 0.588. The molecule has 1 rings (SSSR count). The molecule has 0 saturated carbocycles. The van der Waals surface area contributed by atoms with Crippen LogP contribution in [0.3, 0.4) is 0 Å². The van der Waals surface area contributed by atoms with Gasteiger partial charge in [0.1, 0.15) is 4.88 Å². The SMILES string of the molecule is CCN(CC)C(=O)COC(=O)c1sc(NC(=O)C(C)(C)C)cc1C. The minimum atomic E-state index is -0.547. The Balaban J connectivity index is 2.72. The third-order valence-corrected chi connectivity index (χ3v) is 4.60. The maximum absolute atomic E-state index is 12.2. The lowest BCUT2D eigenvalue weighted by Crippen LogP contribution is -2.34. The number of carbonyl (C=O) groups excluding carboxylic acids is 3. The largest absolute Gasteiger partial charge is 0.451 e. The molecule has 1 aromatic rings. The molecule has 0 saturated heterocycles. The van der Waals surface area contributed by atoms with Crippen molar-refractivity contribution in [1.29, 1.82) is 0 Å². The molecule has 134 valence electrons. The minimum absolute atomic E-state index is 0.125. The Bertz CT molecular complexity index is 613. The third-order valence-electron chi connectivity index (χ3n) is 3.46. The van der Waals surface area contributed by atoms with Crippen LogP contribution in [-0.2, 0) is 14.3 Å². The van der Waals surface area contributed by atoms with E-state index in [0.717, 1.165) is 11.3 Å². The second-order valence-corrected chi connectivity index (χ2v) is 7.52. The van der Waals surface area contributed by atoms with E-state index in [-0.39, 0.29) is 18.4 Å². The van der Waals surface area contributed by atoms with E-state index in [1.165, 1.54) is 0 Å². The molecule has 0 unspecified atom stereocenters. The van der Waals surface area contributed by atoms with E-state index in [4.69, 9.17) is 4.74 Å². The molecule has 1 N–H and O–H groups in total. The number of anilines is 1. The number of amides is 2. The first-order chi connectivity index (χ1) is 11.1. The lowest BCUT2D eigenvalue weighted by atomic mass is 9.96. The maximum Gasteiger partial charge on any atom is 0.349 e. The van der Waals surface area contributed by atoms with Crippen molar-refractivity contribution in [1.82, 2.24) is 4.90 Å². The Morgan fingerprint density at radius 2 is 1.79 bits per heavy atom. The molecule has 0 aliphatic carbocycles. The van der Waals surface area contributed by atoms with Crippen LogP contribution in [0.2, 0.25) is 0 Å². The molecule has 2 amide bonds. The van der Waals surface area contributed by atoms with Gasteiger partial charge in [-0.15, -0.1) is 11.3 Å². The van der Waals surface area contributed by atoms with Crippen molar-refractivity contribution >= 4 is 34.1 Å². The molecule has 6 nitrogen and oxygen atoms in total. The number of esters is 1. The molecular formula is C17H26N2O4S. The second-order valence-electron chi connectivity index (χ2n) is 6.47. The first kappa shape index (κ1) is 20.2. The van der Waals surface area contributed by atoms with E-state index in [1.54, 1.807) is 17.9 Å². The average Bonchev–Trinajstić information content (AvgIpc) is 2.85. The fourth-order valence-electron chi connectivity index (χ4n) is 1.91. The van der Waals surface area contributed by atoms with E-state index in [1.807, 2.05) is 34.6 Å². The number of rotatable bonds is 6. The molecule has 0 aliphatic heterocycles. The van der Waals surface area contributed by atoms with Crippen molar-refractivity contribution in [3.63, 3.8) is 0 Å². The van der Waals surface area contributed by atoms with Crippen LogP contribution in [0.4, 0.5) is 5.00 Å². The van der Waals surface area contributed by atoms with Gasteiger partial charge >= 0.3 is 5.97 Å². The highest BCUT2D eigenvalue weighted by atomic mass is 32.1. The Morgan fingerprint density at radius 1 is 1.21 bits per heavy atom. The van der Waals surface area contributed by atoms with E-state index in [0.29, 0.717) is 28.5 Å². The summed E-state index contributed by atoms with van der Waals surface area (Å²) in [6.45, 7) is 11.8. The summed E-state index contributed by atoms with van der Waals surface area (Å²) in [6, 6.07) is 1.73. The van der Waals surface area contributed by atoms with Gasteiger partial charge in [0.25, 0.3) is 5.91 Å². The van der Waals surface area contributed by atoms with Crippen molar-refractivity contribution in [3.05, 3.63) is 16.5 Å². The normalized spacial score (nSPS) is 11.1. The number of aryl methyl sites for hydroxylation is 1. The van der Waals surface area contributed by atoms with Gasteiger partial charge in [0.2, 0.25) is 5.91 Å². The molecule has 7 heteroatoms. The highest BCUT2D eigenvalue weighted by molar-refractivity contribution is 7.18. The van der Waals surface area contributed by atoms with Crippen LogP contribution >= 0.6 is 11.3 Å². The zero-order valence-electron chi connectivity index (χ0n) is 15.2. The molecule has 0 fully saturated rings. The van der Waals surface area contributed by atoms with Crippen molar-refractivity contribution < 1.29 is 19.1 Å². The fourth-order valence-corrected chi connectivity index (χ4v) is 2.87. The van der Waals surface area contributed by atoms with Gasteiger partial charge in [0.05, 0.1) is 5.00 Å². The number of thiophene rings is 1. The summed E-state index contributed by atoms with van der Waals surface area (Å²) in [5, 5.41) is 3.39. The lowest BCUT2D eigenvalue weighted by Gasteiger charge is -2.18. The van der Waals surface area contributed by atoms with Gasteiger partial charge in [0.15, 0.2) is 6.61 Å². The first-order valence-corrected chi connectivity index (χ1v) is 8.78. The van der Waals surface area contributed by atoms with Crippen LogP contribution in [0.1, 0.15) is 49.9 Å². The highest BCUT2D eigenvalue weighted by Crippen LogP contribution is 2.29. The number of hydrogen-bond acceptors (Lipinski definition) is 5. The summed E-state index contributed by atoms with van der Waals surface area (Å²) >= 11 is 1.15. The Kier molecular flexibility index (Phi) is 6.95. The van der Waals surface area contributed by atoms with Crippen LogP contribution in [0.5, 0.6) is 0 Å². The van der Waals surface area contributed by atoms with Gasteiger partial charge in [-0.25, -0.2) is 4.79 Å². The van der Waals surface area contributed by atoms with E-state index in [2.05, 4.69) is 5.32 Å². The number of nitrogens with one attached hydrogen (secondary N) is 1. The van der Waals surface area contributed by atoms with Crippen molar-refractivity contribution in [2.24, 2.45) is 5.41 Å². The van der Waals surface area contributed by atoms with Crippen LogP contribution in [-0.4, -0.2) is 42.4 Å². The van der Waals surface area contributed by atoms with Gasteiger partial charge in [0, 0.05) is 18.5 Å². The van der Waals surface area contributed by atoms with Crippen LogP contribution in [0.25, 0.3) is 0 Å². The molecule has 0 aromatic carbocycles. The zero-order chi connectivity index (χ0) is 18.5. The maximum atomic E-state index is 12.2. The van der Waals surface area contributed by atoms with Crippen LogP contribution < -0.4 is 5.32 Å². The van der Waals surface area contributed by atoms with Crippen LogP contribution in [0, 0.1) is 12.3 Å². The zero-order valence-corrected chi connectivity index (χ0v) is 16.0.